The van der Waals surface area contributed by atoms with Gasteiger partial charge in [0.2, 0.25) is 0 Å². The standard InChI is InChI=1S/C12H16FN/c1-4-5-10(2)14(3)12-8-6-11(13)7-9-12/h5-9H,4H2,1-3H3/b10-5-. The summed E-state index contributed by atoms with van der Waals surface area (Å²) in [6.07, 6.45) is 3.15. The van der Waals surface area contributed by atoms with E-state index in [4.69, 9.17) is 0 Å². The topological polar surface area (TPSA) is 3.24 Å². The van der Waals surface area contributed by atoms with Crippen LogP contribution in [0.3, 0.4) is 0 Å². The maximum absolute atomic E-state index is 12.7. The second-order valence-corrected chi connectivity index (χ2v) is 3.29. The number of hydrogen-bond acceptors (Lipinski definition) is 1. The zero-order valence-corrected chi connectivity index (χ0v) is 8.92. The molecule has 0 N–H and O–H groups in total. The van der Waals surface area contributed by atoms with Gasteiger partial charge in [0.1, 0.15) is 5.82 Å². The van der Waals surface area contributed by atoms with Crippen molar-refractivity contribution in [2.45, 2.75) is 20.3 Å². The van der Waals surface area contributed by atoms with E-state index in [1.807, 2.05) is 18.9 Å². The molecule has 0 radical (unpaired) electrons. The molecule has 0 bridgehead atoms. The third-order valence-electron chi connectivity index (χ3n) is 2.24. The first kappa shape index (κ1) is 10.8. The normalized spacial score (nSPS) is 11.6. The van der Waals surface area contributed by atoms with Gasteiger partial charge in [-0.05, 0) is 37.6 Å². The predicted molar refractivity (Wildman–Crippen MR) is 58.9 cm³/mol. The minimum absolute atomic E-state index is 0.195. The highest BCUT2D eigenvalue weighted by Gasteiger charge is 2.01. The van der Waals surface area contributed by atoms with E-state index in [0.29, 0.717) is 0 Å². The molecule has 0 aliphatic carbocycles. The highest BCUT2D eigenvalue weighted by Crippen LogP contribution is 2.17. The number of nitrogens with zero attached hydrogens (tertiary/aromatic N) is 1. The largest absolute Gasteiger partial charge is 0.349 e. The third-order valence-corrected chi connectivity index (χ3v) is 2.24. The molecule has 0 aliphatic heterocycles. The summed E-state index contributed by atoms with van der Waals surface area (Å²) in [5.41, 5.74) is 2.19. The SMILES string of the molecule is CC/C=C(/C)N(C)c1ccc(F)cc1. The second kappa shape index (κ2) is 4.80. The van der Waals surface area contributed by atoms with Gasteiger partial charge in [0.05, 0.1) is 0 Å². The Kier molecular flexibility index (Phi) is 3.69. The molecule has 0 atom stereocenters. The molecule has 0 amide bonds. The Morgan fingerprint density at radius 1 is 1.36 bits per heavy atom. The summed E-state index contributed by atoms with van der Waals surface area (Å²) in [6, 6.07) is 6.51. The average molecular weight is 193 g/mol. The van der Waals surface area contributed by atoms with Gasteiger partial charge in [-0.2, -0.15) is 0 Å². The fourth-order valence-corrected chi connectivity index (χ4v) is 1.30. The van der Waals surface area contributed by atoms with Crippen molar-refractivity contribution in [1.29, 1.82) is 0 Å². The Morgan fingerprint density at radius 3 is 2.43 bits per heavy atom. The van der Waals surface area contributed by atoms with Crippen LogP contribution >= 0.6 is 0 Å². The molecule has 2 heteroatoms. The first-order valence-corrected chi connectivity index (χ1v) is 4.81. The van der Waals surface area contributed by atoms with Crippen LogP contribution < -0.4 is 4.90 Å². The fourth-order valence-electron chi connectivity index (χ4n) is 1.30. The Hall–Kier alpha value is -1.31. The van der Waals surface area contributed by atoms with E-state index in [-0.39, 0.29) is 5.82 Å². The fraction of sp³-hybridized carbons (Fsp3) is 0.333. The molecule has 0 fully saturated rings. The van der Waals surface area contributed by atoms with Crippen LogP contribution in [-0.4, -0.2) is 7.05 Å². The van der Waals surface area contributed by atoms with Gasteiger partial charge in [-0.3, -0.25) is 0 Å². The predicted octanol–water partition coefficient (Wildman–Crippen LogP) is 3.58. The summed E-state index contributed by atoms with van der Waals surface area (Å²) in [4.78, 5) is 2.04. The highest BCUT2D eigenvalue weighted by molar-refractivity contribution is 5.50. The summed E-state index contributed by atoms with van der Waals surface area (Å²) in [7, 11) is 1.98. The number of halogens is 1. The van der Waals surface area contributed by atoms with Crippen LogP contribution in [0, 0.1) is 5.82 Å². The van der Waals surface area contributed by atoms with Gasteiger partial charge in [0.15, 0.2) is 0 Å². The highest BCUT2D eigenvalue weighted by atomic mass is 19.1. The van der Waals surface area contributed by atoms with Gasteiger partial charge < -0.3 is 4.90 Å². The molecule has 1 aromatic carbocycles. The lowest BCUT2D eigenvalue weighted by Gasteiger charge is -2.19. The van der Waals surface area contributed by atoms with Crippen molar-refractivity contribution < 1.29 is 4.39 Å². The number of benzene rings is 1. The zero-order valence-electron chi connectivity index (χ0n) is 8.92. The van der Waals surface area contributed by atoms with Crippen molar-refractivity contribution in [3.05, 3.63) is 41.9 Å². The summed E-state index contributed by atoms with van der Waals surface area (Å²) < 4.78 is 12.7. The lowest BCUT2D eigenvalue weighted by atomic mass is 10.2. The van der Waals surface area contributed by atoms with Crippen LogP contribution in [0.1, 0.15) is 20.3 Å². The van der Waals surface area contributed by atoms with Crippen molar-refractivity contribution in [2.75, 3.05) is 11.9 Å². The lowest BCUT2D eigenvalue weighted by molar-refractivity contribution is 0.628. The summed E-state index contributed by atoms with van der Waals surface area (Å²) in [5, 5.41) is 0. The maximum Gasteiger partial charge on any atom is 0.123 e. The summed E-state index contributed by atoms with van der Waals surface area (Å²) in [5.74, 6) is -0.195. The van der Waals surface area contributed by atoms with Crippen molar-refractivity contribution in [3.8, 4) is 0 Å². The monoisotopic (exact) mass is 193 g/mol. The molecule has 0 unspecified atom stereocenters. The molecule has 0 heterocycles. The summed E-state index contributed by atoms with van der Waals surface area (Å²) in [6.45, 7) is 4.15. The first-order valence-electron chi connectivity index (χ1n) is 4.81. The van der Waals surface area contributed by atoms with E-state index in [1.165, 1.54) is 17.8 Å². The van der Waals surface area contributed by atoms with Crippen molar-refractivity contribution in [1.82, 2.24) is 0 Å². The van der Waals surface area contributed by atoms with Crippen LogP contribution in [0.5, 0.6) is 0 Å². The van der Waals surface area contributed by atoms with Gasteiger partial charge in [0.25, 0.3) is 0 Å². The minimum atomic E-state index is -0.195. The quantitative estimate of drug-likeness (QED) is 0.709. The molecule has 1 nitrogen and oxygen atoms in total. The molecule has 14 heavy (non-hydrogen) atoms. The number of allylic oxidation sites excluding steroid dienone is 2. The van der Waals surface area contributed by atoms with Gasteiger partial charge >= 0.3 is 0 Å². The number of rotatable bonds is 3. The zero-order chi connectivity index (χ0) is 10.6. The van der Waals surface area contributed by atoms with E-state index < -0.39 is 0 Å². The molecule has 1 aromatic rings. The van der Waals surface area contributed by atoms with Crippen molar-refractivity contribution in [3.63, 3.8) is 0 Å². The molecular formula is C12H16FN. The van der Waals surface area contributed by atoms with Crippen LogP contribution in [-0.2, 0) is 0 Å². The molecule has 0 saturated heterocycles. The summed E-state index contributed by atoms with van der Waals surface area (Å²) >= 11 is 0. The number of hydrogen-bond donors (Lipinski definition) is 0. The van der Waals surface area contributed by atoms with Crippen molar-refractivity contribution in [2.24, 2.45) is 0 Å². The van der Waals surface area contributed by atoms with E-state index >= 15 is 0 Å². The minimum Gasteiger partial charge on any atom is -0.349 e. The van der Waals surface area contributed by atoms with Gasteiger partial charge in [-0.1, -0.05) is 13.0 Å². The van der Waals surface area contributed by atoms with Gasteiger partial charge in [0, 0.05) is 18.4 Å². The molecule has 76 valence electrons. The van der Waals surface area contributed by atoms with E-state index in [9.17, 15) is 4.39 Å². The van der Waals surface area contributed by atoms with Gasteiger partial charge in [-0.15, -0.1) is 0 Å². The van der Waals surface area contributed by atoms with Crippen LogP contribution in [0.4, 0.5) is 10.1 Å². The molecule has 0 spiro atoms. The van der Waals surface area contributed by atoms with E-state index in [1.54, 1.807) is 12.1 Å². The van der Waals surface area contributed by atoms with Crippen LogP contribution in [0.25, 0.3) is 0 Å². The first-order chi connectivity index (χ1) is 6.65. The molecule has 0 aromatic heterocycles. The molecule has 0 saturated carbocycles. The Balaban J connectivity index is 2.84. The maximum atomic E-state index is 12.7. The lowest BCUT2D eigenvalue weighted by Crippen LogP contribution is -2.13. The third kappa shape index (κ3) is 2.59. The Bertz CT molecular complexity index is 314. The Morgan fingerprint density at radius 2 is 1.93 bits per heavy atom. The van der Waals surface area contributed by atoms with Crippen LogP contribution in [0.15, 0.2) is 36.0 Å². The average Bonchev–Trinajstić information content (AvgIpc) is 2.18. The smallest absolute Gasteiger partial charge is 0.123 e. The van der Waals surface area contributed by atoms with E-state index in [0.717, 1.165) is 12.1 Å². The molecular weight excluding hydrogens is 177 g/mol. The van der Waals surface area contributed by atoms with E-state index in [2.05, 4.69) is 13.0 Å². The van der Waals surface area contributed by atoms with Crippen molar-refractivity contribution >= 4 is 5.69 Å². The van der Waals surface area contributed by atoms with Gasteiger partial charge in [-0.25, -0.2) is 4.39 Å². The Labute approximate surface area is 84.9 Å². The molecule has 0 aliphatic rings. The molecule has 1 rings (SSSR count). The number of anilines is 1. The van der Waals surface area contributed by atoms with Crippen LogP contribution in [0.2, 0.25) is 0 Å². The second-order valence-electron chi connectivity index (χ2n) is 3.29.